The largest absolute Gasteiger partial charge is 0.368 e. The Labute approximate surface area is 103 Å². The second-order valence-corrected chi connectivity index (χ2v) is 3.52. The summed E-state index contributed by atoms with van der Waals surface area (Å²) in [4.78, 5) is 23.2. The van der Waals surface area contributed by atoms with Crippen molar-refractivity contribution >= 4 is 23.7 Å². The van der Waals surface area contributed by atoms with Gasteiger partial charge < -0.3 is 4.90 Å². The average molecular weight is 246 g/mol. The molecule has 0 heterocycles. The Morgan fingerprint density at radius 3 is 1.88 bits per heavy atom. The molecule has 0 aliphatic carbocycles. The third-order valence-electron chi connectivity index (χ3n) is 1.55. The molecule has 0 saturated carbocycles. The molecule has 0 rings (SSSR count). The van der Waals surface area contributed by atoms with Gasteiger partial charge in [0.2, 0.25) is 0 Å². The molecule has 0 aliphatic heterocycles. The molecule has 0 spiro atoms. The van der Waals surface area contributed by atoms with Gasteiger partial charge in [0.25, 0.3) is 0 Å². The second-order valence-electron chi connectivity index (χ2n) is 3.16. The van der Waals surface area contributed by atoms with Crippen molar-refractivity contribution in [3.8, 4) is 0 Å². The van der Waals surface area contributed by atoms with Crippen LogP contribution in [0.3, 0.4) is 0 Å². The highest BCUT2D eigenvalue weighted by atomic mass is 35.5. The van der Waals surface area contributed by atoms with Gasteiger partial charge in [-0.1, -0.05) is 25.4 Å². The molecule has 0 radical (unpaired) electrons. The van der Waals surface area contributed by atoms with Gasteiger partial charge in [0.05, 0.1) is 5.57 Å². The normalized spacial score (nSPS) is 12.1. The average Bonchev–Trinajstić information content (AvgIpc) is 2.26. The first-order chi connectivity index (χ1) is 7.40. The molecular formula is C12H20ClNO2. The van der Waals surface area contributed by atoms with Crippen molar-refractivity contribution in [2.24, 2.45) is 0 Å². The standard InChI is InChI=1S/C10H14ClNO2.C2H6/c1-7(6-13)5-9(8(2)14)10(11)12(3)4;1-2/h5-6H,1-4H3;1-2H3/b7-5-,10-9+;. The summed E-state index contributed by atoms with van der Waals surface area (Å²) < 4.78 is 0. The van der Waals surface area contributed by atoms with E-state index < -0.39 is 0 Å². The molecule has 0 aromatic carbocycles. The minimum absolute atomic E-state index is 0.162. The Morgan fingerprint density at radius 1 is 1.19 bits per heavy atom. The number of nitrogens with zero attached hydrogens (tertiary/aromatic N) is 1. The number of carbonyl (C=O) groups excluding carboxylic acids is 2. The van der Waals surface area contributed by atoms with E-state index >= 15 is 0 Å². The van der Waals surface area contributed by atoms with Gasteiger partial charge in [0.15, 0.2) is 5.78 Å². The lowest BCUT2D eigenvalue weighted by Crippen LogP contribution is -2.11. The lowest BCUT2D eigenvalue weighted by Gasteiger charge is -2.13. The van der Waals surface area contributed by atoms with Crippen LogP contribution in [-0.2, 0) is 9.59 Å². The van der Waals surface area contributed by atoms with Gasteiger partial charge in [0.1, 0.15) is 11.4 Å². The third-order valence-corrected chi connectivity index (χ3v) is 2.09. The van der Waals surface area contributed by atoms with Crippen LogP contribution in [0, 0.1) is 0 Å². The Hall–Kier alpha value is -1.09. The van der Waals surface area contributed by atoms with Gasteiger partial charge in [-0.3, -0.25) is 9.59 Å². The number of Topliss-reactive ketones (excluding diaryl/α,β-unsaturated/α-hetero) is 1. The van der Waals surface area contributed by atoms with Gasteiger partial charge >= 0.3 is 0 Å². The van der Waals surface area contributed by atoms with Crippen molar-refractivity contribution in [3.63, 3.8) is 0 Å². The summed E-state index contributed by atoms with van der Waals surface area (Å²) in [5.41, 5.74) is 0.816. The molecule has 0 bridgehead atoms. The van der Waals surface area contributed by atoms with E-state index in [-0.39, 0.29) is 5.78 Å². The highest BCUT2D eigenvalue weighted by molar-refractivity contribution is 6.31. The van der Waals surface area contributed by atoms with Gasteiger partial charge in [-0.05, 0) is 25.5 Å². The summed E-state index contributed by atoms with van der Waals surface area (Å²) in [6.07, 6.45) is 2.17. The van der Waals surface area contributed by atoms with Crippen molar-refractivity contribution in [2.45, 2.75) is 27.7 Å². The molecule has 0 saturated heterocycles. The summed E-state index contributed by atoms with van der Waals surface area (Å²) >= 11 is 5.90. The van der Waals surface area contributed by atoms with Crippen molar-refractivity contribution < 1.29 is 9.59 Å². The molecule has 16 heavy (non-hydrogen) atoms. The summed E-state index contributed by atoms with van der Waals surface area (Å²) in [7, 11) is 3.46. The van der Waals surface area contributed by atoms with E-state index in [1.165, 1.54) is 13.0 Å². The fourth-order valence-corrected chi connectivity index (χ4v) is 0.997. The maximum Gasteiger partial charge on any atom is 0.162 e. The molecule has 0 unspecified atom stereocenters. The molecule has 0 N–H and O–H groups in total. The smallest absolute Gasteiger partial charge is 0.162 e. The zero-order chi connectivity index (χ0) is 13.3. The topological polar surface area (TPSA) is 37.4 Å². The molecule has 0 atom stereocenters. The van der Waals surface area contributed by atoms with Crippen LogP contribution in [0.15, 0.2) is 22.4 Å². The van der Waals surface area contributed by atoms with Crippen LogP contribution in [0.25, 0.3) is 0 Å². The van der Waals surface area contributed by atoms with Gasteiger partial charge in [-0.25, -0.2) is 0 Å². The Kier molecular flexibility index (Phi) is 9.91. The highest BCUT2D eigenvalue weighted by Crippen LogP contribution is 2.15. The van der Waals surface area contributed by atoms with E-state index in [9.17, 15) is 9.59 Å². The molecule has 0 fully saturated rings. The van der Waals surface area contributed by atoms with Crippen LogP contribution in [0.4, 0.5) is 0 Å². The van der Waals surface area contributed by atoms with Crippen LogP contribution in [0.5, 0.6) is 0 Å². The van der Waals surface area contributed by atoms with Crippen LogP contribution in [0.1, 0.15) is 27.7 Å². The van der Waals surface area contributed by atoms with Crippen LogP contribution < -0.4 is 0 Å². The second kappa shape index (κ2) is 9.16. The van der Waals surface area contributed by atoms with Crippen LogP contribution >= 0.6 is 11.6 Å². The minimum atomic E-state index is -0.162. The summed E-state index contributed by atoms with van der Waals surface area (Å²) in [6, 6.07) is 0. The van der Waals surface area contributed by atoms with Crippen molar-refractivity contribution in [1.82, 2.24) is 4.90 Å². The monoisotopic (exact) mass is 245 g/mol. The number of ketones is 1. The zero-order valence-corrected chi connectivity index (χ0v) is 11.6. The molecule has 0 aromatic rings. The molecule has 3 nitrogen and oxygen atoms in total. The maximum absolute atomic E-state index is 11.2. The van der Waals surface area contributed by atoms with Gasteiger partial charge in [-0.2, -0.15) is 0 Å². The number of allylic oxidation sites excluding steroid dienone is 3. The van der Waals surface area contributed by atoms with Crippen molar-refractivity contribution in [1.29, 1.82) is 0 Å². The first kappa shape index (κ1) is 17.3. The Morgan fingerprint density at radius 2 is 1.62 bits per heavy atom. The third kappa shape index (κ3) is 6.40. The van der Waals surface area contributed by atoms with E-state index in [1.807, 2.05) is 13.8 Å². The summed E-state index contributed by atoms with van der Waals surface area (Å²) in [5, 5.41) is 0.332. The molecule has 0 aromatic heterocycles. The number of carbonyl (C=O) groups is 2. The zero-order valence-electron chi connectivity index (χ0n) is 10.8. The lowest BCUT2D eigenvalue weighted by molar-refractivity contribution is -0.113. The maximum atomic E-state index is 11.2. The van der Waals surface area contributed by atoms with Gasteiger partial charge in [0, 0.05) is 14.1 Å². The Bertz CT molecular complexity index is 304. The quantitative estimate of drug-likeness (QED) is 0.331. The molecule has 0 amide bonds. The number of hydrogen-bond acceptors (Lipinski definition) is 3. The molecule has 92 valence electrons. The van der Waals surface area contributed by atoms with Crippen molar-refractivity contribution in [3.05, 3.63) is 22.4 Å². The van der Waals surface area contributed by atoms with E-state index in [1.54, 1.807) is 25.9 Å². The van der Waals surface area contributed by atoms with E-state index in [0.717, 1.165) is 0 Å². The number of hydrogen-bond donors (Lipinski definition) is 0. The lowest BCUT2D eigenvalue weighted by atomic mass is 10.1. The summed E-state index contributed by atoms with van der Waals surface area (Å²) in [6.45, 7) is 7.03. The molecular weight excluding hydrogens is 226 g/mol. The van der Waals surface area contributed by atoms with Crippen LogP contribution in [-0.4, -0.2) is 31.1 Å². The number of halogens is 1. The van der Waals surface area contributed by atoms with E-state index in [0.29, 0.717) is 22.6 Å². The number of rotatable bonds is 4. The minimum Gasteiger partial charge on any atom is -0.368 e. The molecule has 4 heteroatoms. The summed E-state index contributed by atoms with van der Waals surface area (Å²) in [5.74, 6) is -0.162. The first-order valence-electron chi connectivity index (χ1n) is 5.11. The Balaban J connectivity index is 0. The number of aldehydes is 1. The highest BCUT2D eigenvalue weighted by Gasteiger charge is 2.09. The van der Waals surface area contributed by atoms with Crippen LogP contribution in [0.2, 0.25) is 0 Å². The van der Waals surface area contributed by atoms with Gasteiger partial charge in [-0.15, -0.1) is 0 Å². The fourth-order valence-electron chi connectivity index (χ4n) is 0.809. The molecule has 0 aliphatic rings. The van der Waals surface area contributed by atoms with E-state index in [4.69, 9.17) is 11.6 Å². The van der Waals surface area contributed by atoms with Crippen molar-refractivity contribution in [2.75, 3.05) is 14.1 Å². The SMILES string of the molecule is CC.CC(=O)C(/C=C(/C)C=O)=C(\Cl)N(C)C. The predicted molar refractivity (Wildman–Crippen MR) is 68.4 cm³/mol. The fraction of sp³-hybridized carbons (Fsp3) is 0.500. The first-order valence-corrected chi connectivity index (χ1v) is 5.49. The van der Waals surface area contributed by atoms with E-state index in [2.05, 4.69) is 0 Å². The predicted octanol–water partition coefficient (Wildman–Crippen LogP) is 2.76.